The van der Waals surface area contributed by atoms with E-state index in [4.69, 9.17) is 14.2 Å². The van der Waals surface area contributed by atoms with E-state index in [1.54, 1.807) is 7.11 Å². The number of methoxy groups -OCH3 is 1. The summed E-state index contributed by atoms with van der Waals surface area (Å²) < 4.78 is 15.9. The predicted octanol–water partition coefficient (Wildman–Crippen LogP) is 2.35. The van der Waals surface area contributed by atoms with Crippen LogP contribution in [0.15, 0.2) is 24.3 Å². The lowest BCUT2D eigenvalue weighted by atomic mass is 10.3. The van der Waals surface area contributed by atoms with E-state index >= 15 is 0 Å². The van der Waals surface area contributed by atoms with E-state index in [2.05, 4.69) is 6.92 Å². The molecule has 0 atom stereocenters. The van der Waals surface area contributed by atoms with Gasteiger partial charge in [-0.2, -0.15) is 0 Å². The van der Waals surface area contributed by atoms with Crippen LogP contribution in [-0.2, 0) is 9.53 Å². The summed E-state index contributed by atoms with van der Waals surface area (Å²) in [4.78, 5) is 13.6. The first kappa shape index (κ1) is 17.3. The van der Waals surface area contributed by atoms with Crippen molar-refractivity contribution in [1.82, 2.24) is 4.90 Å². The van der Waals surface area contributed by atoms with Crippen LogP contribution in [0.4, 0.5) is 0 Å². The Bertz CT molecular complexity index is 422. The molecule has 1 aromatic carbocycles. The third kappa shape index (κ3) is 6.49. The van der Waals surface area contributed by atoms with Crippen molar-refractivity contribution in [3.63, 3.8) is 0 Å². The first-order valence-electron chi connectivity index (χ1n) is 7.35. The predicted molar refractivity (Wildman–Crippen MR) is 81.9 cm³/mol. The van der Waals surface area contributed by atoms with Gasteiger partial charge in [0, 0.05) is 6.54 Å². The molecule has 0 aliphatic heterocycles. The maximum Gasteiger partial charge on any atom is 0.320 e. The van der Waals surface area contributed by atoms with Crippen molar-refractivity contribution in [2.45, 2.75) is 20.3 Å². The molecule has 1 rings (SSSR count). The molecule has 0 spiro atoms. The molecule has 0 aliphatic rings. The van der Waals surface area contributed by atoms with Gasteiger partial charge in [-0.25, -0.2) is 0 Å². The zero-order valence-corrected chi connectivity index (χ0v) is 13.1. The van der Waals surface area contributed by atoms with Crippen LogP contribution in [0, 0.1) is 0 Å². The lowest BCUT2D eigenvalue weighted by Crippen LogP contribution is -2.35. The first-order valence-corrected chi connectivity index (χ1v) is 7.35. The van der Waals surface area contributed by atoms with Crippen LogP contribution in [-0.4, -0.2) is 50.8 Å². The summed E-state index contributed by atoms with van der Waals surface area (Å²) in [6, 6.07) is 7.53. The molecule has 0 radical (unpaired) electrons. The molecule has 0 aliphatic carbocycles. The summed E-state index contributed by atoms with van der Waals surface area (Å²) >= 11 is 0. The second-order valence-electron chi connectivity index (χ2n) is 4.58. The lowest BCUT2D eigenvalue weighted by molar-refractivity contribution is -0.144. The van der Waals surface area contributed by atoms with Gasteiger partial charge in [0.1, 0.15) is 6.61 Å². The van der Waals surface area contributed by atoms with Crippen LogP contribution in [0.3, 0.4) is 0 Å². The highest BCUT2D eigenvalue weighted by molar-refractivity contribution is 5.71. The van der Waals surface area contributed by atoms with Crippen LogP contribution in [0.5, 0.6) is 11.5 Å². The fourth-order valence-corrected chi connectivity index (χ4v) is 2.00. The summed E-state index contributed by atoms with van der Waals surface area (Å²) in [5.41, 5.74) is 0. The van der Waals surface area contributed by atoms with Crippen molar-refractivity contribution >= 4 is 5.97 Å². The minimum atomic E-state index is -0.191. The third-order valence-corrected chi connectivity index (χ3v) is 2.93. The van der Waals surface area contributed by atoms with Crippen molar-refractivity contribution in [2.24, 2.45) is 0 Å². The average Bonchev–Trinajstić information content (AvgIpc) is 2.48. The van der Waals surface area contributed by atoms with Crippen molar-refractivity contribution in [1.29, 1.82) is 0 Å². The smallest absolute Gasteiger partial charge is 0.320 e. The molecule has 0 unspecified atom stereocenters. The normalized spacial score (nSPS) is 10.5. The van der Waals surface area contributed by atoms with Crippen molar-refractivity contribution in [3.8, 4) is 11.5 Å². The maximum atomic E-state index is 11.5. The number of hydrogen-bond acceptors (Lipinski definition) is 5. The number of nitrogens with zero attached hydrogens (tertiary/aromatic N) is 1. The molecule has 5 heteroatoms. The summed E-state index contributed by atoms with van der Waals surface area (Å²) in [5.74, 6) is 1.24. The van der Waals surface area contributed by atoms with E-state index in [9.17, 15) is 4.79 Å². The van der Waals surface area contributed by atoms with Gasteiger partial charge in [-0.15, -0.1) is 0 Å². The Labute approximate surface area is 126 Å². The fraction of sp³-hybridized carbons (Fsp3) is 0.562. The van der Waals surface area contributed by atoms with E-state index < -0.39 is 0 Å². The summed E-state index contributed by atoms with van der Waals surface area (Å²) in [7, 11) is 1.62. The monoisotopic (exact) mass is 295 g/mol. The third-order valence-electron chi connectivity index (χ3n) is 2.93. The fourth-order valence-electron chi connectivity index (χ4n) is 2.00. The number of carbonyl (C=O) groups excluding carboxylic acids is 1. The van der Waals surface area contributed by atoms with Crippen LogP contribution >= 0.6 is 0 Å². The second kappa shape index (κ2) is 10.0. The molecular weight excluding hydrogens is 270 g/mol. The van der Waals surface area contributed by atoms with E-state index in [-0.39, 0.29) is 5.97 Å². The Kier molecular flexibility index (Phi) is 8.28. The highest BCUT2D eigenvalue weighted by Crippen LogP contribution is 2.25. The van der Waals surface area contributed by atoms with Crippen LogP contribution in [0.25, 0.3) is 0 Å². The average molecular weight is 295 g/mol. The summed E-state index contributed by atoms with van der Waals surface area (Å²) in [5, 5.41) is 0. The van der Waals surface area contributed by atoms with Gasteiger partial charge in [-0.3, -0.25) is 9.69 Å². The molecule has 0 amide bonds. The standard InChI is InChI=1S/C16H25NO4/c1-4-10-17(13-16(18)20-5-2)11-12-21-15-9-7-6-8-14(15)19-3/h6-9H,4-5,10-13H2,1-3H3. The molecule has 0 saturated carbocycles. The largest absolute Gasteiger partial charge is 0.493 e. The minimum Gasteiger partial charge on any atom is -0.493 e. The molecule has 0 fully saturated rings. The van der Waals surface area contributed by atoms with Crippen LogP contribution < -0.4 is 9.47 Å². The van der Waals surface area contributed by atoms with Crippen LogP contribution in [0.2, 0.25) is 0 Å². The van der Waals surface area contributed by atoms with Crippen molar-refractivity contribution in [2.75, 3.05) is 40.0 Å². The van der Waals surface area contributed by atoms with Crippen molar-refractivity contribution in [3.05, 3.63) is 24.3 Å². The lowest BCUT2D eigenvalue weighted by Gasteiger charge is -2.21. The van der Waals surface area contributed by atoms with E-state index in [0.717, 1.165) is 13.0 Å². The Morgan fingerprint density at radius 2 is 1.86 bits per heavy atom. The highest BCUT2D eigenvalue weighted by atomic mass is 16.5. The topological polar surface area (TPSA) is 48.0 Å². The summed E-state index contributed by atoms with van der Waals surface area (Å²) in [6.07, 6.45) is 0.980. The molecule has 0 N–H and O–H groups in total. The Hall–Kier alpha value is -1.75. The Morgan fingerprint density at radius 3 is 2.48 bits per heavy atom. The van der Waals surface area contributed by atoms with Gasteiger partial charge in [0.15, 0.2) is 11.5 Å². The van der Waals surface area contributed by atoms with Gasteiger partial charge in [-0.05, 0) is 32.0 Å². The Balaban J connectivity index is 2.44. The maximum absolute atomic E-state index is 11.5. The van der Waals surface area contributed by atoms with E-state index in [1.165, 1.54) is 0 Å². The zero-order chi connectivity index (χ0) is 15.5. The number of ether oxygens (including phenoxy) is 3. The number of carbonyl (C=O) groups is 1. The highest BCUT2D eigenvalue weighted by Gasteiger charge is 2.11. The molecule has 21 heavy (non-hydrogen) atoms. The number of hydrogen-bond donors (Lipinski definition) is 0. The second-order valence-corrected chi connectivity index (χ2v) is 4.58. The van der Waals surface area contributed by atoms with E-state index in [1.807, 2.05) is 36.1 Å². The number of para-hydroxylation sites is 2. The van der Waals surface area contributed by atoms with Gasteiger partial charge < -0.3 is 14.2 Å². The quantitative estimate of drug-likeness (QED) is 0.620. The van der Waals surface area contributed by atoms with E-state index in [0.29, 0.717) is 37.8 Å². The summed E-state index contributed by atoms with van der Waals surface area (Å²) in [6.45, 7) is 6.62. The molecular formula is C16H25NO4. The van der Waals surface area contributed by atoms with Crippen LogP contribution in [0.1, 0.15) is 20.3 Å². The van der Waals surface area contributed by atoms with Gasteiger partial charge in [-0.1, -0.05) is 19.1 Å². The molecule has 1 aromatic rings. The molecule has 0 heterocycles. The Morgan fingerprint density at radius 1 is 1.14 bits per heavy atom. The number of esters is 1. The van der Waals surface area contributed by atoms with Gasteiger partial charge in [0.05, 0.1) is 20.3 Å². The molecule has 0 bridgehead atoms. The number of benzene rings is 1. The first-order chi connectivity index (χ1) is 10.2. The molecule has 118 valence electrons. The minimum absolute atomic E-state index is 0.191. The zero-order valence-electron chi connectivity index (χ0n) is 13.1. The molecule has 0 aromatic heterocycles. The SMILES string of the molecule is CCCN(CCOc1ccccc1OC)CC(=O)OCC. The van der Waals surface area contributed by atoms with Gasteiger partial charge in [0.25, 0.3) is 0 Å². The van der Waals surface area contributed by atoms with Gasteiger partial charge >= 0.3 is 5.97 Å². The molecule has 0 saturated heterocycles. The van der Waals surface area contributed by atoms with Crippen molar-refractivity contribution < 1.29 is 19.0 Å². The molecule has 5 nitrogen and oxygen atoms in total. The van der Waals surface area contributed by atoms with Gasteiger partial charge in [0.2, 0.25) is 0 Å². The number of rotatable bonds is 10.